The van der Waals surface area contributed by atoms with E-state index in [0.29, 0.717) is 13.0 Å². The molecule has 5 heteroatoms. The lowest BCUT2D eigenvalue weighted by atomic mass is 9.90. The van der Waals surface area contributed by atoms with Gasteiger partial charge in [-0.05, 0) is 31.0 Å². The van der Waals surface area contributed by atoms with Crippen molar-refractivity contribution in [1.82, 2.24) is 4.90 Å². The van der Waals surface area contributed by atoms with E-state index in [9.17, 15) is 14.0 Å². The average Bonchev–Trinajstić information content (AvgIpc) is 2.76. The van der Waals surface area contributed by atoms with Crippen molar-refractivity contribution in [2.24, 2.45) is 5.41 Å². The summed E-state index contributed by atoms with van der Waals surface area (Å²) in [7, 11) is 0. The normalized spacial score (nSPS) is 22.5. The summed E-state index contributed by atoms with van der Waals surface area (Å²) in [6, 6.07) is 5.77. The summed E-state index contributed by atoms with van der Waals surface area (Å²) in [5.41, 5.74) is -0.117. The summed E-state index contributed by atoms with van der Waals surface area (Å²) >= 11 is 0. The fraction of sp³-hybridized carbons (Fsp3) is 0.429. The third kappa shape index (κ3) is 2.92. The number of nitrogens with zero attached hydrogens (tertiary/aromatic N) is 1. The molecule has 102 valence electrons. The molecule has 0 unspecified atom stereocenters. The number of amides is 1. The first kappa shape index (κ1) is 13.5. The average molecular weight is 265 g/mol. The molecule has 0 saturated carbocycles. The molecular weight excluding hydrogens is 249 g/mol. The molecule has 0 radical (unpaired) electrons. The highest BCUT2D eigenvalue weighted by Crippen LogP contribution is 2.30. The summed E-state index contributed by atoms with van der Waals surface area (Å²) in [5, 5.41) is 9.11. The van der Waals surface area contributed by atoms with Gasteiger partial charge < -0.3 is 10.0 Å². The van der Waals surface area contributed by atoms with Gasteiger partial charge in [0, 0.05) is 13.1 Å². The Kier molecular flexibility index (Phi) is 3.55. The van der Waals surface area contributed by atoms with Crippen LogP contribution in [0.4, 0.5) is 4.39 Å². The zero-order valence-corrected chi connectivity index (χ0v) is 10.7. The summed E-state index contributed by atoms with van der Waals surface area (Å²) in [6.07, 6.45) is 0.646. The molecule has 1 aliphatic heterocycles. The minimum Gasteiger partial charge on any atom is -0.481 e. The third-order valence-corrected chi connectivity index (χ3v) is 3.61. The SMILES string of the molecule is C[C@]1(C(=O)O)CCN(C(=O)Cc2ccc(F)cc2)C1. The minimum absolute atomic E-state index is 0.114. The van der Waals surface area contributed by atoms with Gasteiger partial charge in [-0.25, -0.2) is 4.39 Å². The van der Waals surface area contributed by atoms with Crippen LogP contribution in [0.3, 0.4) is 0 Å². The topological polar surface area (TPSA) is 57.6 Å². The van der Waals surface area contributed by atoms with E-state index in [4.69, 9.17) is 5.11 Å². The quantitative estimate of drug-likeness (QED) is 0.904. The molecule has 1 fully saturated rings. The zero-order valence-electron chi connectivity index (χ0n) is 10.7. The van der Waals surface area contributed by atoms with Crippen LogP contribution in [0.1, 0.15) is 18.9 Å². The molecule has 0 bridgehead atoms. The molecule has 1 aliphatic rings. The highest BCUT2D eigenvalue weighted by atomic mass is 19.1. The Morgan fingerprint density at radius 3 is 2.53 bits per heavy atom. The van der Waals surface area contributed by atoms with Crippen LogP contribution in [0.25, 0.3) is 0 Å². The van der Waals surface area contributed by atoms with Gasteiger partial charge in [0.15, 0.2) is 0 Å². The van der Waals surface area contributed by atoms with Crippen LogP contribution < -0.4 is 0 Å². The Hall–Kier alpha value is -1.91. The summed E-state index contributed by atoms with van der Waals surface area (Å²) in [4.78, 5) is 24.7. The van der Waals surface area contributed by atoms with E-state index in [1.54, 1.807) is 24.0 Å². The van der Waals surface area contributed by atoms with E-state index in [1.165, 1.54) is 12.1 Å². The van der Waals surface area contributed by atoms with E-state index < -0.39 is 11.4 Å². The van der Waals surface area contributed by atoms with Gasteiger partial charge in [0.2, 0.25) is 5.91 Å². The molecule has 0 spiro atoms. The highest BCUT2D eigenvalue weighted by Gasteiger charge is 2.41. The molecule has 1 aromatic rings. The van der Waals surface area contributed by atoms with Crippen LogP contribution in [0.5, 0.6) is 0 Å². The second-order valence-electron chi connectivity index (χ2n) is 5.23. The standard InChI is InChI=1S/C14H16FNO3/c1-14(13(18)19)6-7-16(9-14)12(17)8-10-2-4-11(15)5-3-10/h2-5H,6-9H2,1H3,(H,18,19)/t14-/m0/s1. The Morgan fingerprint density at radius 2 is 2.00 bits per heavy atom. The minimum atomic E-state index is -0.871. The molecule has 1 saturated heterocycles. The van der Waals surface area contributed by atoms with Crippen molar-refractivity contribution in [2.45, 2.75) is 19.8 Å². The molecule has 1 atom stereocenters. The number of hydrogen-bond acceptors (Lipinski definition) is 2. The third-order valence-electron chi connectivity index (χ3n) is 3.61. The van der Waals surface area contributed by atoms with Crippen LogP contribution in [-0.2, 0) is 16.0 Å². The number of hydrogen-bond donors (Lipinski definition) is 1. The van der Waals surface area contributed by atoms with Crippen LogP contribution in [0.2, 0.25) is 0 Å². The van der Waals surface area contributed by atoms with Gasteiger partial charge in [0.25, 0.3) is 0 Å². The second-order valence-corrected chi connectivity index (χ2v) is 5.23. The van der Waals surface area contributed by atoms with Crippen molar-refractivity contribution < 1.29 is 19.1 Å². The van der Waals surface area contributed by atoms with Crippen molar-refractivity contribution in [2.75, 3.05) is 13.1 Å². The van der Waals surface area contributed by atoms with Crippen molar-refractivity contribution in [3.8, 4) is 0 Å². The molecule has 0 aromatic heterocycles. The fourth-order valence-electron chi connectivity index (χ4n) is 2.24. The number of halogens is 1. The van der Waals surface area contributed by atoms with Gasteiger partial charge in [-0.1, -0.05) is 12.1 Å². The molecule has 1 aromatic carbocycles. The number of carboxylic acids is 1. The smallest absolute Gasteiger partial charge is 0.311 e. The number of carbonyl (C=O) groups is 2. The lowest BCUT2D eigenvalue weighted by Gasteiger charge is -2.20. The number of carbonyl (C=O) groups excluding carboxylic acids is 1. The summed E-state index contributed by atoms with van der Waals surface area (Å²) in [6.45, 7) is 2.35. The maximum Gasteiger partial charge on any atom is 0.311 e. The van der Waals surface area contributed by atoms with Crippen LogP contribution in [0.15, 0.2) is 24.3 Å². The Balaban J connectivity index is 1.98. The molecule has 1 heterocycles. The van der Waals surface area contributed by atoms with E-state index in [2.05, 4.69) is 0 Å². The second kappa shape index (κ2) is 4.99. The molecule has 19 heavy (non-hydrogen) atoms. The first-order chi connectivity index (χ1) is 8.90. The van der Waals surface area contributed by atoms with E-state index >= 15 is 0 Å². The Labute approximate surface area is 110 Å². The van der Waals surface area contributed by atoms with E-state index in [0.717, 1.165) is 5.56 Å². The number of aliphatic carboxylic acids is 1. The van der Waals surface area contributed by atoms with Crippen molar-refractivity contribution in [3.63, 3.8) is 0 Å². The summed E-state index contributed by atoms with van der Waals surface area (Å²) < 4.78 is 12.8. The van der Waals surface area contributed by atoms with E-state index in [-0.39, 0.29) is 24.7 Å². The van der Waals surface area contributed by atoms with Crippen molar-refractivity contribution in [3.05, 3.63) is 35.6 Å². The summed E-state index contributed by atoms with van der Waals surface area (Å²) in [5.74, 6) is -1.32. The molecule has 1 amide bonds. The predicted molar refractivity (Wildman–Crippen MR) is 67.0 cm³/mol. The molecule has 0 aliphatic carbocycles. The maximum absolute atomic E-state index is 12.8. The number of carboxylic acid groups (broad SMARTS) is 1. The number of likely N-dealkylation sites (tertiary alicyclic amines) is 1. The van der Waals surface area contributed by atoms with E-state index in [1.807, 2.05) is 0 Å². The van der Waals surface area contributed by atoms with Crippen molar-refractivity contribution >= 4 is 11.9 Å². The zero-order chi connectivity index (χ0) is 14.0. The molecule has 2 rings (SSSR count). The molecular formula is C14H16FNO3. The molecule has 1 N–H and O–H groups in total. The fourth-order valence-corrected chi connectivity index (χ4v) is 2.24. The first-order valence-corrected chi connectivity index (χ1v) is 6.16. The predicted octanol–water partition coefficient (Wildman–Crippen LogP) is 1.69. The van der Waals surface area contributed by atoms with Crippen LogP contribution in [0, 0.1) is 11.2 Å². The lowest BCUT2D eigenvalue weighted by Crippen LogP contribution is -2.35. The first-order valence-electron chi connectivity index (χ1n) is 6.16. The van der Waals surface area contributed by atoms with Gasteiger partial charge in [0.05, 0.1) is 11.8 Å². The van der Waals surface area contributed by atoms with Gasteiger partial charge >= 0.3 is 5.97 Å². The number of rotatable bonds is 3. The Morgan fingerprint density at radius 1 is 1.37 bits per heavy atom. The van der Waals surface area contributed by atoms with Crippen LogP contribution >= 0.6 is 0 Å². The monoisotopic (exact) mass is 265 g/mol. The van der Waals surface area contributed by atoms with Gasteiger partial charge in [-0.15, -0.1) is 0 Å². The van der Waals surface area contributed by atoms with Crippen molar-refractivity contribution in [1.29, 1.82) is 0 Å². The van der Waals surface area contributed by atoms with Crippen LogP contribution in [-0.4, -0.2) is 35.0 Å². The lowest BCUT2D eigenvalue weighted by molar-refractivity contribution is -0.147. The van der Waals surface area contributed by atoms with Gasteiger partial charge in [-0.3, -0.25) is 9.59 Å². The largest absolute Gasteiger partial charge is 0.481 e. The van der Waals surface area contributed by atoms with Gasteiger partial charge in [-0.2, -0.15) is 0 Å². The Bertz CT molecular complexity index is 500. The molecule has 4 nitrogen and oxygen atoms in total. The van der Waals surface area contributed by atoms with Gasteiger partial charge in [0.1, 0.15) is 5.82 Å². The highest BCUT2D eigenvalue weighted by molar-refractivity contribution is 5.81. The number of benzene rings is 1. The maximum atomic E-state index is 12.8.